The second kappa shape index (κ2) is 6.02. The number of aryl methyl sites for hydroxylation is 1. The van der Waals surface area contributed by atoms with Crippen molar-refractivity contribution in [2.24, 2.45) is 5.73 Å². The van der Waals surface area contributed by atoms with E-state index in [1.807, 2.05) is 0 Å². The normalized spacial score (nSPS) is 13.4. The molecule has 2 N–H and O–H groups in total. The van der Waals surface area contributed by atoms with Gasteiger partial charge in [-0.3, -0.25) is 0 Å². The van der Waals surface area contributed by atoms with Crippen LogP contribution in [0.15, 0.2) is 24.3 Å². The highest BCUT2D eigenvalue weighted by Gasteiger charge is 2.16. The van der Waals surface area contributed by atoms with Crippen LogP contribution in [0.5, 0.6) is 0 Å². The molecule has 0 spiro atoms. The van der Waals surface area contributed by atoms with Gasteiger partial charge in [0, 0.05) is 6.04 Å². The molecular weight excluding hydrogens is 266 g/mol. The Morgan fingerprint density at radius 1 is 1.20 bits per heavy atom. The molecule has 4 heteroatoms. The first kappa shape index (κ1) is 15.1. The molecule has 2 rings (SSSR count). The van der Waals surface area contributed by atoms with Gasteiger partial charge in [-0.2, -0.15) is 0 Å². The Morgan fingerprint density at radius 3 is 2.40 bits per heavy atom. The predicted octanol–water partition coefficient (Wildman–Crippen LogP) is 3.64. The first-order valence-corrected chi connectivity index (χ1v) is 7.85. The minimum absolute atomic E-state index is 0.00885. The molecule has 0 amide bonds. The monoisotopic (exact) mass is 289 g/mol. The summed E-state index contributed by atoms with van der Waals surface area (Å²) in [6.45, 7) is 8.77. The lowest BCUT2D eigenvalue weighted by Gasteiger charge is -2.19. The Bertz CT molecular complexity index is 552. The van der Waals surface area contributed by atoms with E-state index in [0.717, 1.165) is 23.4 Å². The molecule has 3 nitrogen and oxygen atoms in total. The Morgan fingerprint density at radius 2 is 1.85 bits per heavy atom. The minimum Gasteiger partial charge on any atom is -0.323 e. The first-order chi connectivity index (χ1) is 9.41. The van der Waals surface area contributed by atoms with Gasteiger partial charge in [0.1, 0.15) is 0 Å². The zero-order valence-electron chi connectivity index (χ0n) is 12.7. The summed E-state index contributed by atoms with van der Waals surface area (Å²) < 4.78 is 4.01. The van der Waals surface area contributed by atoms with E-state index < -0.39 is 0 Å². The van der Waals surface area contributed by atoms with E-state index in [2.05, 4.69) is 61.5 Å². The molecular formula is C16H23N3S. The van der Waals surface area contributed by atoms with Gasteiger partial charge in [0.15, 0.2) is 0 Å². The van der Waals surface area contributed by atoms with Gasteiger partial charge in [-0.15, -0.1) is 5.10 Å². The van der Waals surface area contributed by atoms with Crippen molar-refractivity contribution in [3.05, 3.63) is 46.0 Å². The van der Waals surface area contributed by atoms with E-state index in [9.17, 15) is 0 Å². The number of hydrogen-bond donors (Lipinski definition) is 1. The highest BCUT2D eigenvalue weighted by molar-refractivity contribution is 7.05. The molecule has 0 bridgehead atoms. The lowest BCUT2D eigenvalue weighted by atomic mass is 9.86. The third-order valence-corrected chi connectivity index (χ3v) is 4.43. The Kier molecular flexibility index (Phi) is 4.55. The average Bonchev–Trinajstić information content (AvgIpc) is 2.86. The number of nitrogens with zero attached hydrogens (tertiary/aromatic N) is 2. The van der Waals surface area contributed by atoms with E-state index in [1.54, 1.807) is 0 Å². The summed E-state index contributed by atoms with van der Waals surface area (Å²) in [6.07, 6.45) is 1.73. The van der Waals surface area contributed by atoms with Gasteiger partial charge >= 0.3 is 0 Å². The molecule has 1 atom stereocenters. The third-order valence-electron chi connectivity index (χ3n) is 3.53. The lowest BCUT2D eigenvalue weighted by molar-refractivity contribution is 0.589. The maximum atomic E-state index is 6.30. The van der Waals surface area contributed by atoms with Crippen LogP contribution in [0.2, 0.25) is 0 Å². The fourth-order valence-corrected chi connectivity index (χ4v) is 2.97. The van der Waals surface area contributed by atoms with Gasteiger partial charge in [0.05, 0.1) is 10.6 Å². The van der Waals surface area contributed by atoms with Crippen LogP contribution < -0.4 is 5.73 Å². The van der Waals surface area contributed by atoms with Crippen molar-refractivity contribution in [2.75, 3.05) is 0 Å². The molecule has 0 saturated carbocycles. The fourth-order valence-electron chi connectivity index (χ4n) is 2.23. The highest BCUT2D eigenvalue weighted by atomic mass is 32.1. The smallest absolute Gasteiger partial charge is 0.0801 e. The van der Waals surface area contributed by atoms with Crippen LogP contribution in [-0.4, -0.2) is 9.59 Å². The van der Waals surface area contributed by atoms with E-state index in [1.165, 1.54) is 22.7 Å². The number of rotatable bonds is 4. The molecule has 0 saturated heterocycles. The summed E-state index contributed by atoms with van der Waals surface area (Å²) in [5.74, 6) is 0. The van der Waals surface area contributed by atoms with Crippen molar-refractivity contribution in [3.63, 3.8) is 0 Å². The van der Waals surface area contributed by atoms with Crippen LogP contribution in [-0.2, 0) is 18.3 Å². The predicted molar refractivity (Wildman–Crippen MR) is 85.1 cm³/mol. The van der Waals surface area contributed by atoms with Crippen LogP contribution in [0.25, 0.3) is 0 Å². The molecule has 2 aromatic rings. The van der Waals surface area contributed by atoms with E-state index in [0.29, 0.717) is 0 Å². The number of aromatic nitrogens is 2. The quantitative estimate of drug-likeness (QED) is 0.935. The van der Waals surface area contributed by atoms with E-state index >= 15 is 0 Å². The average molecular weight is 289 g/mol. The minimum atomic E-state index is -0.00885. The maximum Gasteiger partial charge on any atom is 0.0801 e. The molecule has 20 heavy (non-hydrogen) atoms. The molecule has 1 aromatic heterocycles. The van der Waals surface area contributed by atoms with Crippen molar-refractivity contribution in [2.45, 2.75) is 52.0 Å². The van der Waals surface area contributed by atoms with Crippen LogP contribution in [0.4, 0.5) is 0 Å². The van der Waals surface area contributed by atoms with Gasteiger partial charge in [0.2, 0.25) is 0 Å². The summed E-state index contributed by atoms with van der Waals surface area (Å²) in [6, 6.07) is 8.76. The third kappa shape index (κ3) is 3.44. The summed E-state index contributed by atoms with van der Waals surface area (Å²) >= 11 is 1.42. The standard InChI is InChI=1S/C16H23N3S/c1-5-14-15(20-19-18-14)13(17)10-11-6-8-12(9-7-11)16(2,3)4/h6-9,13H,5,10,17H2,1-4H3. The van der Waals surface area contributed by atoms with Crippen molar-refractivity contribution < 1.29 is 0 Å². The molecule has 1 unspecified atom stereocenters. The van der Waals surface area contributed by atoms with Crippen molar-refractivity contribution in [1.82, 2.24) is 9.59 Å². The number of hydrogen-bond acceptors (Lipinski definition) is 4. The van der Waals surface area contributed by atoms with Crippen molar-refractivity contribution in [3.8, 4) is 0 Å². The zero-order chi connectivity index (χ0) is 14.8. The largest absolute Gasteiger partial charge is 0.323 e. The summed E-state index contributed by atoms with van der Waals surface area (Å²) in [5, 5.41) is 4.13. The molecule has 1 aromatic carbocycles. The SMILES string of the molecule is CCc1nnsc1C(N)Cc1ccc(C(C)(C)C)cc1. The maximum absolute atomic E-state index is 6.30. The molecule has 0 aliphatic heterocycles. The molecule has 0 radical (unpaired) electrons. The number of nitrogens with two attached hydrogens (primary N) is 1. The van der Waals surface area contributed by atoms with E-state index in [-0.39, 0.29) is 11.5 Å². The molecule has 0 fully saturated rings. The van der Waals surface area contributed by atoms with Crippen LogP contribution in [0, 0.1) is 0 Å². The lowest BCUT2D eigenvalue weighted by Crippen LogP contribution is -2.14. The topological polar surface area (TPSA) is 51.8 Å². The van der Waals surface area contributed by atoms with Crippen LogP contribution >= 0.6 is 11.5 Å². The van der Waals surface area contributed by atoms with Gasteiger partial charge in [0.25, 0.3) is 0 Å². The Hall–Kier alpha value is -1.26. The van der Waals surface area contributed by atoms with Crippen molar-refractivity contribution >= 4 is 11.5 Å². The molecule has 1 heterocycles. The summed E-state index contributed by atoms with van der Waals surface area (Å²) in [5.41, 5.74) is 10.1. The van der Waals surface area contributed by atoms with Gasteiger partial charge < -0.3 is 5.73 Å². The Balaban J connectivity index is 2.10. The van der Waals surface area contributed by atoms with Crippen LogP contribution in [0.3, 0.4) is 0 Å². The first-order valence-electron chi connectivity index (χ1n) is 7.08. The van der Waals surface area contributed by atoms with Gasteiger partial charge in [-0.25, -0.2) is 0 Å². The Labute approximate surface area is 125 Å². The fraction of sp³-hybridized carbons (Fsp3) is 0.500. The molecule has 0 aliphatic rings. The van der Waals surface area contributed by atoms with Gasteiger partial charge in [-0.1, -0.05) is 56.4 Å². The van der Waals surface area contributed by atoms with Crippen molar-refractivity contribution in [1.29, 1.82) is 0 Å². The highest BCUT2D eigenvalue weighted by Crippen LogP contribution is 2.25. The second-order valence-electron chi connectivity index (χ2n) is 6.19. The zero-order valence-corrected chi connectivity index (χ0v) is 13.5. The summed E-state index contributed by atoms with van der Waals surface area (Å²) in [7, 11) is 0. The second-order valence-corrected chi connectivity index (χ2v) is 6.98. The van der Waals surface area contributed by atoms with E-state index in [4.69, 9.17) is 5.73 Å². The molecule has 0 aliphatic carbocycles. The number of benzene rings is 1. The van der Waals surface area contributed by atoms with Gasteiger partial charge in [-0.05, 0) is 40.9 Å². The van der Waals surface area contributed by atoms with Crippen LogP contribution in [0.1, 0.15) is 55.4 Å². The molecule has 108 valence electrons. The summed E-state index contributed by atoms with van der Waals surface area (Å²) in [4.78, 5) is 1.12.